The number of carbonyl (C=O) groups excluding carboxylic acids is 6. The van der Waals surface area contributed by atoms with E-state index in [1.807, 2.05) is 0 Å². The summed E-state index contributed by atoms with van der Waals surface area (Å²) in [5, 5.41) is 0. The molecule has 2 heterocycles. The Balaban J connectivity index is 1.76. The number of methoxy groups -OCH3 is 4. The number of ether oxygens (including phenoxy) is 6. The molecule has 47 heavy (non-hydrogen) atoms. The van der Waals surface area contributed by atoms with E-state index in [0.29, 0.717) is 16.7 Å². The van der Waals surface area contributed by atoms with Crippen molar-refractivity contribution in [3.63, 3.8) is 0 Å². The predicted octanol–water partition coefficient (Wildman–Crippen LogP) is 2.35. The van der Waals surface area contributed by atoms with Crippen molar-refractivity contribution in [3.8, 4) is 11.5 Å². The quantitative estimate of drug-likeness (QED) is 0.234. The Morgan fingerprint density at radius 2 is 1.09 bits per heavy atom. The Labute approximate surface area is 269 Å². The van der Waals surface area contributed by atoms with Crippen LogP contribution in [0.25, 0.3) is 0 Å². The van der Waals surface area contributed by atoms with E-state index in [4.69, 9.17) is 28.4 Å². The van der Waals surface area contributed by atoms with Crippen LogP contribution in [0.5, 0.6) is 11.5 Å². The van der Waals surface area contributed by atoms with Gasteiger partial charge in [0.2, 0.25) is 0 Å². The molecule has 13 heteroatoms. The number of benzene rings is 2. The second-order valence-corrected chi connectivity index (χ2v) is 11.9. The van der Waals surface area contributed by atoms with Crippen LogP contribution >= 0.6 is 0 Å². The Kier molecular flexibility index (Phi) is 7.70. The highest BCUT2D eigenvalue weighted by Gasteiger charge is 2.87. The molecule has 2 aromatic carbocycles. The number of nitrogens with zero attached hydrogens (tertiary/aromatic N) is 1. The molecule has 2 aliphatic carbocycles. The summed E-state index contributed by atoms with van der Waals surface area (Å²) in [6.45, 7) is 2.37. The van der Waals surface area contributed by atoms with Crippen LogP contribution in [0.4, 0.5) is 0 Å². The molecule has 1 saturated carbocycles. The van der Waals surface area contributed by atoms with Crippen molar-refractivity contribution in [2.45, 2.75) is 49.7 Å². The first kappa shape index (κ1) is 31.9. The number of carbonyl (C=O) groups is 6. The zero-order valence-corrected chi connectivity index (χ0v) is 26.6. The van der Waals surface area contributed by atoms with Crippen molar-refractivity contribution in [1.82, 2.24) is 4.90 Å². The number of hydrogen-bond acceptors (Lipinski definition) is 13. The molecule has 13 nitrogen and oxygen atoms in total. The number of rotatable bonds is 8. The summed E-state index contributed by atoms with van der Waals surface area (Å²) >= 11 is 0. The fourth-order valence-electron chi connectivity index (χ4n) is 8.98. The largest absolute Gasteiger partial charge is 0.467 e. The summed E-state index contributed by atoms with van der Waals surface area (Å²) in [5.41, 5.74) is -3.31. The van der Waals surface area contributed by atoms with E-state index < -0.39 is 70.6 Å². The van der Waals surface area contributed by atoms with Crippen molar-refractivity contribution in [2.75, 3.05) is 28.4 Å². The average Bonchev–Trinajstić information content (AvgIpc) is 3.77. The van der Waals surface area contributed by atoms with Gasteiger partial charge in [0.05, 0.1) is 39.6 Å². The smallest absolute Gasteiger partial charge is 0.336 e. The van der Waals surface area contributed by atoms with Gasteiger partial charge in [-0.2, -0.15) is 0 Å². The van der Waals surface area contributed by atoms with Gasteiger partial charge in [-0.05, 0) is 36.0 Å². The molecule has 6 rings (SSSR count). The summed E-state index contributed by atoms with van der Waals surface area (Å²) in [5.74, 6) is -7.90. The van der Waals surface area contributed by atoms with E-state index >= 15 is 0 Å². The van der Waals surface area contributed by atoms with Crippen molar-refractivity contribution < 1.29 is 57.2 Å². The standard InChI is InChI=1S/C34H33NO12/c1-16(36)46-21-12-13-22(47-17(2)37)24-20-14-19(23(21)24)25-26(20)34(32(41)45-6)28(30(39)43-4)27(29(38)42-3)33(25,31(40)44-5)35(34)15-18-10-8-7-9-11-18/h7-13,19-20,25-26H,14-15H2,1-6H3/t19-,20+,25-,26+,33-,34+. The van der Waals surface area contributed by atoms with Crippen molar-refractivity contribution >= 4 is 35.8 Å². The SMILES string of the molecule is COC(=O)C1=C(C(=O)OC)[C@@]2(C(=O)OC)[C@H]3[C@H]([C@H]4C[C@@H]3c3c(OC(C)=O)ccc(OC(C)=O)c34)[C@]1(C(=O)OC)N2Cc1ccccc1. The van der Waals surface area contributed by atoms with Gasteiger partial charge in [-0.15, -0.1) is 0 Å². The van der Waals surface area contributed by atoms with Gasteiger partial charge in [-0.3, -0.25) is 14.5 Å². The summed E-state index contributed by atoms with van der Waals surface area (Å²) in [7, 11) is 4.51. The summed E-state index contributed by atoms with van der Waals surface area (Å²) in [6.07, 6.45) is 0.288. The summed E-state index contributed by atoms with van der Waals surface area (Å²) in [6, 6.07) is 11.9. The van der Waals surface area contributed by atoms with Gasteiger partial charge in [0.15, 0.2) is 11.1 Å². The van der Waals surface area contributed by atoms with Gasteiger partial charge < -0.3 is 28.4 Å². The highest BCUT2D eigenvalue weighted by Crippen LogP contribution is 2.78. The van der Waals surface area contributed by atoms with Gasteiger partial charge in [0, 0.05) is 43.4 Å². The van der Waals surface area contributed by atoms with E-state index in [0.717, 1.165) is 28.4 Å². The lowest BCUT2D eigenvalue weighted by Gasteiger charge is -2.42. The molecule has 6 atom stereocenters. The first-order chi connectivity index (χ1) is 22.5. The lowest BCUT2D eigenvalue weighted by atomic mass is 9.57. The summed E-state index contributed by atoms with van der Waals surface area (Å²) in [4.78, 5) is 83.0. The van der Waals surface area contributed by atoms with Crippen molar-refractivity contribution in [1.29, 1.82) is 0 Å². The fourth-order valence-corrected chi connectivity index (χ4v) is 8.98. The molecule has 246 valence electrons. The lowest BCUT2D eigenvalue weighted by Crippen LogP contribution is -2.60. The van der Waals surface area contributed by atoms with Gasteiger partial charge in [0.25, 0.3) is 0 Å². The predicted molar refractivity (Wildman–Crippen MR) is 159 cm³/mol. The minimum Gasteiger partial charge on any atom is -0.467 e. The zero-order chi connectivity index (χ0) is 34.0. The Morgan fingerprint density at radius 3 is 1.45 bits per heavy atom. The van der Waals surface area contributed by atoms with Crippen LogP contribution in [0.2, 0.25) is 0 Å². The second-order valence-electron chi connectivity index (χ2n) is 11.9. The van der Waals surface area contributed by atoms with Crippen LogP contribution in [-0.2, 0) is 54.3 Å². The lowest BCUT2D eigenvalue weighted by molar-refractivity contribution is -0.163. The molecule has 1 saturated heterocycles. The third-order valence-electron chi connectivity index (χ3n) is 10.0. The van der Waals surface area contributed by atoms with Gasteiger partial charge in [-0.25, -0.2) is 19.2 Å². The zero-order valence-electron chi connectivity index (χ0n) is 26.6. The van der Waals surface area contributed by atoms with Gasteiger partial charge in [0.1, 0.15) is 11.5 Å². The number of fused-ring (bicyclic) bond motifs is 12. The minimum atomic E-state index is -2.08. The molecule has 2 aliphatic heterocycles. The monoisotopic (exact) mass is 647 g/mol. The molecule has 2 aromatic rings. The Bertz CT molecular complexity index is 1660. The highest BCUT2D eigenvalue weighted by molar-refractivity contribution is 6.16. The normalized spacial score (nSPS) is 27.9. The minimum absolute atomic E-state index is 0.109. The molecular formula is C34H33NO12. The van der Waals surface area contributed by atoms with E-state index in [9.17, 15) is 28.8 Å². The van der Waals surface area contributed by atoms with Crippen LogP contribution < -0.4 is 9.47 Å². The Morgan fingerprint density at radius 1 is 0.660 bits per heavy atom. The number of esters is 6. The van der Waals surface area contributed by atoms with Gasteiger partial charge >= 0.3 is 35.8 Å². The molecule has 4 aliphatic rings. The topological polar surface area (TPSA) is 161 Å². The van der Waals surface area contributed by atoms with E-state index in [1.54, 1.807) is 30.3 Å². The molecule has 0 amide bonds. The van der Waals surface area contributed by atoms with Crippen LogP contribution in [0.1, 0.15) is 48.8 Å². The highest BCUT2D eigenvalue weighted by atomic mass is 16.6. The van der Waals surface area contributed by atoms with Crippen LogP contribution in [0.15, 0.2) is 53.6 Å². The summed E-state index contributed by atoms with van der Waals surface area (Å²) < 4.78 is 32.6. The van der Waals surface area contributed by atoms with Crippen LogP contribution in [-0.4, -0.2) is 80.2 Å². The van der Waals surface area contributed by atoms with E-state index in [-0.39, 0.29) is 35.6 Å². The maximum absolute atomic E-state index is 14.6. The maximum Gasteiger partial charge on any atom is 0.336 e. The third kappa shape index (κ3) is 4.05. The first-order valence-corrected chi connectivity index (χ1v) is 14.9. The Hall–Kier alpha value is -5.04. The first-order valence-electron chi connectivity index (χ1n) is 14.9. The molecule has 0 unspecified atom stereocenters. The third-order valence-corrected chi connectivity index (χ3v) is 10.0. The average molecular weight is 648 g/mol. The van der Waals surface area contributed by atoms with E-state index in [2.05, 4.69) is 0 Å². The molecule has 0 aromatic heterocycles. The van der Waals surface area contributed by atoms with Crippen LogP contribution in [0.3, 0.4) is 0 Å². The number of hydrogen-bond donors (Lipinski definition) is 0. The maximum atomic E-state index is 14.6. The molecule has 0 radical (unpaired) electrons. The molecule has 0 N–H and O–H groups in total. The van der Waals surface area contributed by atoms with Gasteiger partial charge in [-0.1, -0.05) is 30.3 Å². The van der Waals surface area contributed by atoms with Crippen molar-refractivity contribution in [2.24, 2.45) is 11.8 Å². The second kappa shape index (κ2) is 11.3. The van der Waals surface area contributed by atoms with E-state index in [1.165, 1.54) is 30.9 Å². The molecule has 2 fully saturated rings. The molecular weight excluding hydrogens is 614 g/mol. The molecule has 4 bridgehead atoms. The van der Waals surface area contributed by atoms with Crippen molar-refractivity contribution in [3.05, 3.63) is 70.3 Å². The van der Waals surface area contributed by atoms with Crippen LogP contribution in [0, 0.1) is 11.8 Å². The fraction of sp³-hybridized carbons (Fsp3) is 0.412. The molecule has 0 spiro atoms.